The molecular formula is C14H18F3N3O2S. The minimum absolute atomic E-state index is 0.0620. The average molecular weight is 349 g/mol. The van der Waals surface area contributed by atoms with Crippen LogP contribution in [-0.4, -0.2) is 34.8 Å². The number of halogens is 3. The minimum atomic E-state index is -4.49. The van der Waals surface area contributed by atoms with E-state index in [0.717, 1.165) is 29.6 Å². The molecule has 0 saturated carbocycles. The zero-order valence-electron chi connectivity index (χ0n) is 12.7. The van der Waals surface area contributed by atoms with Gasteiger partial charge in [0.25, 0.3) is 0 Å². The molecule has 0 aliphatic carbocycles. The lowest BCUT2D eigenvalue weighted by molar-refractivity contribution is -0.141. The molecule has 0 unspecified atom stereocenters. The second-order valence-corrected chi connectivity index (χ2v) is 6.26. The molecule has 0 radical (unpaired) electrons. The number of nitrogens with one attached hydrogen (secondary N) is 1. The van der Waals surface area contributed by atoms with Crippen molar-refractivity contribution in [1.82, 2.24) is 15.2 Å². The van der Waals surface area contributed by atoms with Gasteiger partial charge >= 0.3 is 6.18 Å². The fourth-order valence-corrected chi connectivity index (χ4v) is 3.32. The number of aromatic nitrogens is 1. The van der Waals surface area contributed by atoms with Crippen molar-refractivity contribution in [1.29, 1.82) is 0 Å². The first kappa shape index (κ1) is 17.7. The Morgan fingerprint density at radius 1 is 1.48 bits per heavy atom. The molecule has 128 valence electrons. The molecule has 1 saturated heterocycles. The van der Waals surface area contributed by atoms with Crippen LogP contribution in [0.5, 0.6) is 0 Å². The standard InChI is InChI=1S/C14H18F3N3O2S/c1-2-9(13-19-10(8-23-13)14(15,16)17)18-11(21)7-20-6-4-3-5-12(20)22/h8-9H,2-7H2,1H3,(H,18,21)/t9-/m1/s1. The smallest absolute Gasteiger partial charge is 0.345 e. The number of rotatable bonds is 5. The summed E-state index contributed by atoms with van der Waals surface area (Å²) in [5, 5.41) is 3.83. The van der Waals surface area contributed by atoms with Gasteiger partial charge in [-0.05, 0) is 19.3 Å². The number of likely N-dealkylation sites (tertiary alicyclic amines) is 1. The number of alkyl halides is 3. The van der Waals surface area contributed by atoms with Crippen molar-refractivity contribution in [2.45, 2.75) is 44.8 Å². The van der Waals surface area contributed by atoms with E-state index in [-0.39, 0.29) is 23.4 Å². The predicted octanol–water partition coefficient (Wildman–Crippen LogP) is 2.74. The van der Waals surface area contributed by atoms with Crippen molar-refractivity contribution in [2.75, 3.05) is 13.1 Å². The maximum Gasteiger partial charge on any atom is 0.434 e. The highest BCUT2D eigenvalue weighted by atomic mass is 32.1. The summed E-state index contributed by atoms with van der Waals surface area (Å²) >= 11 is 0.871. The summed E-state index contributed by atoms with van der Waals surface area (Å²) < 4.78 is 37.8. The second-order valence-electron chi connectivity index (χ2n) is 5.37. The van der Waals surface area contributed by atoms with Gasteiger partial charge in [-0.1, -0.05) is 6.92 Å². The van der Waals surface area contributed by atoms with Crippen molar-refractivity contribution in [2.24, 2.45) is 0 Å². The van der Waals surface area contributed by atoms with Crippen LogP contribution in [0.15, 0.2) is 5.38 Å². The van der Waals surface area contributed by atoms with E-state index in [1.54, 1.807) is 6.92 Å². The molecule has 0 aromatic carbocycles. The number of hydrogen-bond donors (Lipinski definition) is 1. The molecule has 9 heteroatoms. The molecule has 1 aliphatic rings. The third kappa shape index (κ3) is 4.66. The fourth-order valence-electron chi connectivity index (χ4n) is 2.36. The number of nitrogens with zero attached hydrogens (tertiary/aromatic N) is 2. The lowest BCUT2D eigenvalue weighted by Gasteiger charge is -2.26. The monoisotopic (exact) mass is 349 g/mol. The van der Waals surface area contributed by atoms with Gasteiger partial charge in [-0.15, -0.1) is 11.3 Å². The van der Waals surface area contributed by atoms with Crippen LogP contribution in [0, 0.1) is 0 Å². The maximum atomic E-state index is 12.6. The van der Waals surface area contributed by atoms with Crippen LogP contribution < -0.4 is 5.32 Å². The molecule has 1 fully saturated rings. The third-order valence-corrected chi connectivity index (χ3v) is 4.57. The van der Waals surface area contributed by atoms with Gasteiger partial charge in [0, 0.05) is 18.3 Å². The zero-order chi connectivity index (χ0) is 17.0. The number of carbonyl (C=O) groups is 2. The fraction of sp³-hybridized carbons (Fsp3) is 0.643. The Kier molecular flexibility index (Phi) is 5.61. The van der Waals surface area contributed by atoms with Crippen molar-refractivity contribution >= 4 is 23.2 Å². The lowest BCUT2D eigenvalue weighted by Crippen LogP contribution is -2.43. The predicted molar refractivity (Wildman–Crippen MR) is 78.7 cm³/mol. The summed E-state index contributed by atoms with van der Waals surface area (Å²) in [6, 6.07) is -0.580. The molecule has 2 amide bonds. The van der Waals surface area contributed by atoms with E-state index in [2.05, 4.69) is 10.3 Å². The molecule has 1 aliphatic heterocycles. The van der Waals surface area contributed by atoms with E-state index in [1.807, 2.05) is 0 Å². The van der Waals surface area contributed by atoms with Crippen LogP contribution in [0.1, 0.15) is 49.4 Å². The molecule has 23 heavy (non-hydrogen) atoms. The van der Waals surface area contributed by atoms with Gasteiger partial charge in [0.15, 0.2) is 5.69 Å². The Morgan fingerprint density at radius 3 is 2.78 bits per heavy atom. The highest BCUT2D eigenvalue weighted by Gasteiger charge is 2.34. The van der Waals surface area contributed by atoms with Crippen LogP contribution in [0.3, 0.4) is 0 Å². The Balaban J connectivity index is 1.97. The van der Waals surface area contributed by atoms with Gasteiger partial charge < -0.3 is 10.2 Å². The van der Waals surface area contributed by atoms with Crippen molar-refractivity contribution in [3.8, 4) is 0 Å². The molecule has 2 rings (SSSR count). The number of hydrogen-bond acceptors (Lipinski definition) is 4. The zero-order valence-corrected chi connectivity index (χ0v) is 13.5. The van der Waals surface area contributed by atoms with Crippen LogP contribution in [0.25, 0.3) is 0 Å². The molecule has 0 spiro atoms. The second kappa shape index (κ2) is 7.29. The molecule has 1 aromatic rings. The maximum absolute atomic E-state index is 12.6. The molecule has 2 heterocycles. The van der Waals surface area contributed by atoms with Crippen molar-refractivity contribution in [3.05, 3.63) is 16.1 Å². The van der Waals surface area contributed by atoms with Crippen LogP contribution in [0.2, 0.25) is 0 Å². The summed E-state index contributed by atoms with van der Waals surface area (Å²) in [5.41, 5.74) is -0.948. The van der Waals surface area contributed by atoms with Gasteiger partial charge in [-0.25, -0.2) is 4.98 Å². The topological polar surface area (TPSA) is 62.3 Å². The number of thiazole rings is 1. The first-order chi connectivity index (χ1) is 10.8. The summed E-state index contributed by atoms with van der Waals surface area (Å²) in [6.07, 6.45) is -1.95. The molecule has 5 nitrogen and oxygen atoms in total. The Hall–Kier alpha value is -1.64. The van der Waals surface area contributed by atoms with Gasteiger partial charge in [0.1, 0.15) is 5.01 Å². The molecule has 0 bridgehead atoms. The molecule has 1 N–H and O–H groups in total. The highest BCUT2D eigenvalue weighted by Crippen LogP contribution is 2.32. The number of piperidine rings is 1. The molecule has 1 atom stereocenters. The number of carbonyl (C=O) groups excluding carboxylic acids is 2. The largest absolute Gasteiger partial charge is 0.434 e. The summed E-state index contributed by atoms with van der Waals surface area (Å²) in [5.74, 6) is -0.441. The summed E-state index contributed by atoms with van der Waals surface area (Å²) in [4.78, 5) is 28.8. The first-order valence-corrected chi connectivity index (χ1v) is 8.29. The van der Waals surface area contributed by atoms with E-state index in [4.69, 9.17) is 0 Å². The van der Waals surface area contributed by atoms with Crippen LogP contribution in [0.4, 0.5) is 13.2 Å². The highest BCUT2D eigenvalue weighted by molar-refractivity contribution is 7.09. The van der Waals surface area contributed by atoms with E-state index < -0.39 is 17.9 Å². The van der Waals surface area contributed by atoms with E-state index in [1.165, 1.54) is 4.90 Å². The average Bonchev–Trinajstić information content (AvgIpc) is 2.97. The molecule has 1 aromatic heterocycles. The van der Waals surface area contributed by atoms with Crippen molar-refractivity contribution < 1.29 is 22.8 Å². The Bertz CT molecular complexity index is 574. The van der Waals surface area contributed by atoms with Gasteiger partial charge in [-0.2, -0.15) is 13.2 Å². The molecular weight excluding hydrogens is 331 g/mol. The normalized spacial score (nSPS) is 17.2. The van der Waals surface area contributed by atoms with Gasteiger partial charge in [-0.3, -0.25) is 9.59 Å². The van der Waals surface area contributed by atoms with Crippen molar-refractivity contribution in [3.63, 3.8) is 0 Å². The van der Waals surface area contributed by atoms with E-state index in [0.29, 0.717) is 19.4 Å². The van der Waals surface area contributed by atoms with E-state index >= 15 is 0 Å². The summed E-state index contributed by atoms with van der Waals surface area (Å²) in [6.45, 7) is 2.23. The quantitative estimate of drug-likeness (QED) is 0.889. The minimum Gasteiger partial charge on any atom is -0.345 e. The Labute approximate surface area is 135 Å². The lowest BCUT2D eigenvalue weighted by atomic mass is 10.1. The van der Waals surface area contributed by atoms with Crippen LogP contribution in [-0.2, 0) is 15.8 Å². The first-order valence-electron chi connectivity index (χ1n) is 7.41. The summed E-state index contributed by atoms with van der Waals surface area (Å²) in [7, 11) is 0. The van der Waals surface area contributed by atoms with Gasteiger partial charge in [0.05, 0.1) is 12.6 Å². The third-order valence-electron chi connectivity index (χ3n) is 3.61. The van der Waals surface area contributed by atoms with E-state index in [9.17, 15) is 22.8 Å². The van der Waals surface area contributed by atoms with Crippen LogP contribution >= 0.6 is 11.3 Å². The Morgan fingerprint density at radius 2 is 2.22 bits per heavy atom. The van der Waals surface area contributed by atoms with Gasteiger partial charge in [0.2, 0.25) is 11.8 Å². The SMILES string of the molecule is CC[C@@H](NC(=O)CN1CCCCC1=O)c1nc(C(F)(F)F)cs1. The number of amides is 2.